The fourth-order valence-electron chi connectivity index (χ4n) is 3.08. The molecule has 1 aliphatic rings. The third kappa shape index (κ3) is 4.97. The predicted molar refractivity (Wildman–Crippen MR) is 96.3 cm³/mol. The Kier molecular flexibility index (Phi) is 5.15. The summed E-state index contributed by atoms with van der Waals surface area (Å²) in [6.45, 7) is 5.60. The zero-order chi connectivity index (χ0) is 18.7. The molecule has 0 unspecified atom stereocenters. The van der Waals surface area contributed by atoms with Crippen LogP contribution in [0.2, 0.25) is 0 Å². The van der Waals surface area contributed by atoms with E-state index in [0.29, 0.717) is 12.2 Å². The molecule has 1 aromatic heterocycles. The normalized spacial score (nSPS) is 16.7. The highest BCUT2D eigenvalue weighted by Crippen LogP contribution is 2.30. The molecule has 0 spiro atoms. The number of nitrogens with one attached hydrogen (secondary N) is 2. The van der Waals surface area contributed by atoms with Gasteiger partial charge in [0.15, 0.2) is 0 Å². The van der Waals surface area contributed by atoms with Crippen molar-refractivity contribution in [3.8, 4) is 5.75 Å². The van der Waals surface area contributed by atoms with Crippen LogP contribution in [-0.4, -0.2) is 32.9 Å². The number of hydrogen-bond donors (Lipinski definition) is 2. The molecule has 2 aromatic rings. The van der Waals surface area contributed by atoms with E-state index in [0.717, 1.165) is 36.1 Å². The number of aromatic nitrogens is 3. The molecule has 3 rings (SSSR count). The van der Waals surface area contributed by atoms with E-state index in [9.17, 15) is 9.59 Å². The topological polar surface area (TPSA) is 97.1 Å². The highest BCUT2D eigenvalue weighted by Gasteiger charge is 2.22. The standard InChI is InChI=1S/C19H25N3O4/c1-19(2,3)26-17(23)11-12-4-8-15-13(10-12)5-6-14(25-15)7-9-16-20-18(24)22-21-16/h4,8,10,14H,5-7,9,11H2,1-3H3,(H2,20,21,22,24)/t14-/m1/s1. The van der Waals surface area contributed by atoms with E-state index in [1.807, 2.05) is 39.0 Å². The van der Waals surface area contributed by atoms with Crippen molar-refractivity contribution in [2.45, 2.75) is 64.6 Å². The molecule has 7 heteroatoms. The molecule has 26 heavy (non-hydrogen) atoms. The zero-order valence-electron chi connectivity index (χ0n) is 15.4. The minimum Gasteiger partial charge on any atom is -0.490 e. The lowest BCUT2D eigenvalue weighted by Crippen LogP contribution is -2.25. The van der Waals surface area contributed by atoms with Gasteiger partial charge in [-0.1, -0.05) is 12.1 Å². The molecule has 0 radical (unpaired) electrons. The maximum Gasteiger partial charge on any atom is 0.340 e. The Morgan fingerprint density at radius 3 is 2.88 bits per heavy atom. The molecular weight excluding hydrogens is 334 g/mol. The number of nitrogens with zero attached hydrogens (tertiary/aromatic N) is 1. The summed E-state index contributed by atoms with van der Waals surface area (Å²) in [6.07, 6.45) is 3.62. The number of H-pyrrole nitrogens is 2. The molecule has 2 N–H and O–H groups in total. The number of hydrogen-bond acceptors (Lipinski definition) is 5. The second kappa shape index (κ2) is 7.35. The second-order valence-corrected chi connectivity index (χ2v) is 7.65. The average Bonchev–Trinajstić information content (AvgIpc) is 2.96. The molecule has 1 aliphatic heterocycles. The summed E-state index contributed by atoms with van der Waals surface area (Å²) in [4.78, 5) is 25.7. The van der Waals surface area contributed by atoms with E-state index in [1.54, 1.807) is 0 Å². The van der Waals surface area contributed by atoms with Gasteiger partial charge in [-0.05, 0) is 57.2 Å². The maximum atomic E-state index is 12.0. The molecular formula is C19H25N3O4. The quantitative estimate of drug-likeness (QED) is 0.799. The number of carbonyl (C=O) groups excluding carboxylic acids is 1. The van der Waals surface area contributed by atoms with Crippen LogP contribution in [0.5, 0.6) is 5.75 Å². The summed E-state index contributed by atoms with van der Waals surface area (Å²) in [5.41, 5.74) is 1.30. The fourth-order valence-corrected chi connectivity index (χ4v) is 3.08. The van der Waals surface area contributed by atoms with Gasteiger partial charge in [0.25, 0.3) is 0 Å². The zero-order valence-corrected chi connectivity index (χ0v) is 15.4. The molecule has 2 heterocycles. The van der Waals surface area contributed by atoms with Crippen molar-refractivity contribution in [2.75, 3.05) is 0 Å². The van der Waals surface area contributed by atoms with Gasteiger partial charge in [-0.2, -0.15) is 5.10 Å². The van der Waals surface area contributed by atoms with E-state index in [1.165, 1.54) is 0 Å². The van der Waals surface area contributed by atoms with Gasteiger partial charge in [0.05, 0.1) is 12.5 Å². The van der Waals surface area contributed by atoms with Gasteiger partial charge in [-0.25, -0.2) is 9.89 Å². The lowest BCUT2D eigenvalue weighted by molar-refractivity contribution is -0.153. The molecule has 0 saturated heterocycles. The van der Waals surface area contributed by atoms with Gasteiger partial charge in [-0.15, -0.1) is 0 Å². The maximum absolute atomic E-state index is 12.0. The summed E-state index contributed by atoms with van der Waals surface area (Å²) >= 11 is 0. The van der Waals surface area contributed by atoms with E-state index < -0.39 is 5.60 Å². The summed E-state index contributed by atoms with van der Waals surface area (Å²) in [5, 5.41) is 6.28. The molecule has 0 fully saturated rings. The van der Waals surface area contributed by atoms with E-state index >= 15 is 0 Å². The van der Waals surface area contributed by atoms with Crippen LogP contribution in [0, 0.1) is 0 Å². The first kappa shape index (κ1) is 18.2. The van der Waals surface area contributed by atoms with Crippen molar-refractivity contribution in [1.82, 2.24) is 15.2 Å². The first-order valence-corrected chi connectivity index (χ1v) is 8.92. The number of carbonyl (C=O) groups is 1. The van der Waals surface area contributed by atoms with Crippen molar-refractivity contribution >= 4 is 5.97 Å². The summed E-state index contributed by atoms with van der Waals surface area (Å²) in [7, 11) is 0. The Morgan fingerprint density at radius 1 is 1.38 bits per heavy atom. The molecule has 1 atom stereocenters. The lowest BCUT2D eigenvalue weighted by atomic mass is 9.97. The van der Waals surface area contributed by atoms with Crippen LogP contribution in [0.4, 0.5) is 0 Å². The van der Waals surface area contributed by atoms with Crippen LogP contribution in [0.15, 0.2) is 23.0 Å². The second-order valence-electron chi connectivity index (χ2n) is 7.65. The third-order valence-electron chi connectivity index (χ3n) is 4.18. The molecule has 0 saturated carbocycles. The van der Waals surface area contributed by atoms with Gasteiger partial charge in [0.2, 0.25) is 0 Å². The smallest absolute Gasteiger partial charge is 0.340 e. The fraction of sp³-hybridized carbons (Fsp3) is 0.526. The average molecular weight is 359 g/mol. The number of aromatic amines is 2. The van der Waals surface area contributed by atoms with E-state index in [4.69, 9.17) is 9.47 Å². The summed E-state index contributed by atoms with van der Waals surface area (Å²) in [6, 6.07) is 5.87. The van der Waals surface area contributed by atoms with Crippen LogP contribution in [0.1, 0.15) is 50.6 Å². The highest BCUT2D eigenvalue weighted by atomic mass is 16.6. The predicted octanol–water partition coefficient (Wildman–Crippen LogP) is 2.31. The number of fused-ring (bicyclic) bond motifs is 1. The van der Waals surface area contributed by atoms with Gasteiger partial charge >= 0.3 is 11.7 Å². The monoisotopic (exact) mass is 359 g/mol. The number of ether oxygens (including phenoxy) is 2. The van der Waals surface area contributed by atoms with Crippen molar-refractivity contribution in [3.05, 3.63) is 45.6 Å². The van der Waals surface area contributed by atoms with Crippen molar-refractivity contribution in [1.29, 1.82) is 0 Å². The minimum atomic E-state index is -0.472. The molecule has 1 aromatic carbocycles. The van der Waals surface area contributed by atoms with Crippen LogP contribution >= 0.6 is 0 Å². The van der Waals surface area contributed by atoms with E-state index in [2.05, 4.69) is 15.2 Å². The number of rotatable bonds is 5. The van der Waals surface area contributed by atoms with Gasteiger partial charge < -0.3 is 9.47 Å². The molecule has 0 aliphatic carbocycles. The van der Waals surface area contributed by atoms with Crippen LogP contribution in [0.25, 0.3) is 0 Å². The van der Waals surface area contributed by atoms with Gasteiger partial charge in [0.1, 0.15) is 17.2 Å². The van der Waals surface area contributed by atoms with Gasteiger partial charge in [0, 0.05) is 6.42 Å². The third-order valence-corrected chi connectivity index (χ3v) is 4.18. The largest absolute Gasteiger partial charge is 0.490 e. The number of aryl methyl sites for hydroxylation is 2. The SMILES string of the molecule is CC(C)(C)OC(=O)Cc1ccc2c(c1)CC[C@H](CCc1n[nH]c(=O)[nH]1)O2. The van der Waals surface area contributed by atoms with Crippen LogP contribution in [0.3, 0.4) is 0 Å². The molecule has 7 nitrogen and oxygen atoms in total. The summed E-state index contributed by atoms with van der Waals surface area (Å²) < 4.78 is 11.4. The first-order valence-electron chi connectivity index (χ1n) is 8.92. The van der Waals surface area contributed by atoms with E-state index in [-0.39, 0.29) is 24.2 Å². The lowest BCUT2D eigenvalue weighted by Gasteiger charge is -2.26. The number of benzene rings is 1. The van der Waals surface area contributed by atoms with Crippen LogP contribution in [-0.2, 0) is 28.8 Å². The Balaban J connectivity index is 1.56. The summed E-state index contributed by atoms with van der Waals surface area (Å²) in [5.74, 6) is 1.29. The number of esters is 1. The molecule has 0 amide bonds. The molecule has 0 bridgehead atoms. The van der Waals surface area contributed by atoms with Crippen LogP contribution < -0.4 is 10.4 Å². The first-order chi connectivity index (χ1) is 12.3. The van der Waals surface area contributed by atoms with Crippen molar-refractivity contribution in [2.24, 2.45) is 0 Å². The van der Waals surface area contributed by atoms with Crippen molar-refractivity contribution in [3.63, 3.8) is 0 Å². The van der Waals surface area contributed by atoms with Gasteiger partial charge in [-0.3, -0.25) is 9.78 Å². The Hall–Kier alpha value is -2.57. The molecule has 140 valence electrons. The Labute approximate surface area is 152 Å². The Bertz CT molecular complexity index is 832. The highest BCUT2D eigenvalue weighted by molar-refractivity contribution is 5.73. The van der Waals surface area contributed by atoms with Crippen molar-refractivity contribution < 1.29 is 14.3 Å². The Morgan fingerprint density at radius 2 is 2.19 bits per heavy atom. The minimum absolute atomic E-state index is 0.0967.